The Morgan fingerprint density at radius 3 is 2.63 bits per heavy atom. The van der Waals surface area contributed by atoms with Crippen LogP contribution < -0.4 is 10.5 Å². The molecular weight excluding hydrogens is 245 g/mol. The molecule has 1 fully saturated rings. The number of Topliss-reactive ketones (excluding diaryl/α,β-unsaturated/α-hetero) is 1. The van der Waals surface area contributed by atoms with Crippen LogP contribution in [-0.2, 0) is 11.2 Å². The number of methoxy groups -OCH3 is 1. The summed E-state index contributed by atoms with van der Waals surface area (Å²) in [5.74, 6) is -0.240. The molecule has 0 spiro atoms. The smallest absolute Gasteiger partial charge is 0.165 e. The Morgan fingerprint density at radius 2 is 2.05 bits per heavy atom. The summed E-state index contributed by atoms with van der Waals surface area (Å²) in [5.41, 5.74) is 6.11. The lowest BCUT2D eigenvalue weighted by Gasteiger charge is -2.31. The second-order valence-corrected chi connectivity index (χ2v) is 5.29. The Balaban J connectivity index is 2.08. The molecule has 1 aliphatic carbocycles. The highest BCUT2D eigenvalue weighted by atomic mass is 19.1. The molecule has 0 amide bonds. The molecule has 1 saturated carbocycles. The van der Waals surface area contributed by atoms with Gasteiger partial charge in [0.25, 0.3) is 0 Å². The lowest BCUT2D eigenvalue weighted by molar-refractivity contribution is -0.124. The van der Waals surface area contributed by atoms with Crippen molar-refractivity contribution in [3.8, 4) is 5.75 Å². The molecule has 19 heavy (non-hydrogen) atoms. The molecule has 4 heteroatoms. The summed E-state index contributed by atoms with van der Waals surface area (Å²) in [6.07, 6.45) is 4.81. The van der Waals surface area contributed by atoms with Crippen molar-refractivity contribution in [1.82, 2.24) is 0 Å². The van der Waals surface area contributed by atoms with Crippen LogP contribution in [0.15, 0.2) is 18.2 Å². The lowest BCUT2D eigenvalue weighted by atomic mass is 9.78. The summed E-state index contributed by atoms with van der Waals surface area (Å²) in [6, 6.07) is 4.61. The summed E-state index contributed by atoms with van der Waals surface area (Å²) in [4.78, 5) is 12.3. The number of nitrogens with two attached hydrogens (primary N) is 1. The van der Waals surface area contributed by atoms with Gasteiger partial charge in [0.1, 0.15) is 0 Å². The van der Waals surface area contributed by atoms with Crippen LogP contribution in [0.5, 0.6) is 5.75 Å². The van der Waals surface area contributed by atoms with Crippen molar-refractivity contribution < 1.29 is 13.9 Å². The predicted octanol–water partition coefficient (Wildman–Crippen LogP) is 2.61. The Labute approximate surface area is 112 Å². The zero-order valence-electron chi connectivity index (χ0n) is 11.2. The Kier molecular flexibility index (Phi) is 4.20. The first kappa shape index (κ1) is 14.0. The van der Waals surface area contributed by atoms with Crippen LogP contribution in [0.2, 0.25) is 0 Å². The number of carbonyl (C=O) groups is 1. The van der Waals surface area contributed by atoms with Crippen molar-refractivity contribution in [1.29, 1.82) is 0 Å². The summed E-state index contributed by atoms with van der Waals surface area (Å²) >= 11 is 0. The zero-order chi connectivity index (χ0) is 13.9. The molecule has 2 rings (SSSR count). The first-order valence-corrected chi connectivity index (χ1v) is 6.70. The molecule has 2 N–H and O–H groups in total. The maximum absolute atomic E-state index is 13.6. The quantitative estimate of drug-likeness (QED) is 0.910. The molecule has 104 valence electrons. The van der Waals surface area contributed by atoms with Crippen LogP contribution in [0.3, 0.4) is 0 Å². The highest BCUT2D eigenvalue weighted by molar-refractivity contribution is 5.90. The summed E-state index contributed by atoms with van der Waals surface area (Å²) in [5, 5.41) is 0. The van der Waals surface area contributed by atoms with Crippen LogP contribution in [0.25, 0.3) is 0 Å². The molecule has 0 aromatic heterocycles. The minimum absolute atomic E-state index is 0.0109. The third kappa shape index (κ3) is 3.13. The van der Waals surface area contributed by atoms with Crippen molar-refractivity contribution in [3.63, 3.8) is 0 Å². The molecule has 1 aromatic rings. The van der Waals surface area contributed by atoms with Gasteiger partial charge in [-0.3, -0.25) is 4.79 Å². The van der Waals surface area contributed by atoms with E-state index in [0.717, 1.165) is 32.1 Å². The lowest BCUT2D eigenvalue weighted by Crippen LogP contribution is -2.50. The van der Waals surface area contributed by atoms with E-state index in [4.69, 9.17) is 10.5 Å². The van der Waals surface area contributed by atoms with E-state index in [9.17, 15) is 9.18 Å². The summed E-state index contributed by atoms with van der Waals surface area (Å²) in [6.45, 7) is 0. The maximum Gasteiger partial charge on any atom is 0.165 e. The van der Waals surface area contributed by atoms with E-state index >= 15 is 0 Å². The van der Waals surface area contributed by atoms with Gasteiger partial charge in [0.2, 0.25) is 0 Å². The molecule has 0 aliphatic heterocycles. The number of hydrogen-bond donors (Lipinski definition) is 1. The first-order valence-electron chi connectivity index (χ1n) is 6.70. The van der Waals surface area contributed by atoms with Gasteiger partial charge in [-0.2, -0.15) is 0 Å². The summed E-state index contributed by atoms with van der Waals surface area (Å²) < 4.78 is 18.4. The Hall–Kier alpha value is -1.42. The SMILES string of the molecule is COc1ccc(CC(=O)C2(N)CCCCC2)cc1F. The monoisotopic (exact) mass is 265 g/mol. The van der Waals surface area contributed by atoms with Gasteiger partial charge in [-0.25, -0.2) is 4.39 Å². The van der Waals surface area contributed by atoms with Crippen molar-refractivity contribution in [2.24, 2.45) is 5.73 Å². The minimum atomic E-state index is -0.714. The van der Waals surface area contributed by atoms with Crippen molar-refractivity contribution in [2.75, 3.05) is 7.11 Å². The van der Waals surface area contributed by atoms with Crippen LogP contribution >= 0.6 is 0 Å². The van der Waals surface area contributed by atoms with Gasteiger partial charge in [0.05, 0.1) is 12.6 Å². The molecule has 1 aromatic carbocycles. The number of ether oxygens (including phenoxy) is 1. The number of hydrogen-bond acceptors (Lipinski definition) is 3. The fourth-order valence-electron chi connectivity index (χ4n) is 2.64. The highest BCUT2D eigenvalue weighted by Crippen LogP contribution is 2.28. The molecule has 1 aliphatic rings. The van der Waals surface area contributed by atoms with Gasteiger partial charge in [-0.1, -0.05) is 25.3 Å². The Morgan fingerprint density at radius 1 is 1.37 bits per heavy atom. The van der Waals surface area contributed by atoms with E-state index < -0.39 is 11.4 Å². The van der Waals surface area contributed by atoms with E-state index in [2.05, 4.69) is 0 Å². The van der Waals surface area contributed by atoms with Gasteiger partial charge < -0.3 is 10.5 Å². The maximum atomic E-state index is 13.6. The van der Waals surface area contributed by atoms with Crippen LogP contribution in [-0.4, -0.2) is 18.4 Å². The van der Waals surface area contributed by atoms with Crippen molar-refractivity contribution >= 4 is 5.78 Å². The van der Waals surface area contributed by atoms with Gasteiger partial charge in [0, 0.05) is 6.42 Å². The average molecular weight is 265 g/mol. The topological polar surface area (TPSA) is 52.3 Å². The molecule has 0 bridgehead atoms. The molecule has 0 radical (unpaired) electrons. The second-order valence-electron chi connectivity index (χ2n) is 5.29. The zero-order valence-corrected chi connectivity index (χ0v) is 11.2. The number of carbonyl (C=O) groups excluding carboxylic acids is 1. The van der Waals surface area contributed by atoms with Gasteiger partial charge >= 0.3 is 0 Å². The summed E-state index contributed by atoms with van der Waals surface area (Å²) in [7, 11) is 1.42. The minimum Gasteiger partial charge on any atom is -0.494 e. The molecule has 3 nitrogen and oxygen atoms in total. The number of benzene rings is 1. The van der Waals surface area contributed by atoms with Crippen LogP contribution in [0, 0.1) is 5.82 Å². The predicted molar refractivity (Wildman–Crippen MR) is 71.7 cm³/mol. The number of halogens is 1. The van der Waals surface area contributed by atoms with E-state index in [-0.39, 0.29) is 18.0 Å². The Bertz CT molecular complexity index is 467. The van der Waals surface area contributed by atoms with Gasteiger partial charge in [0.15, 0.2) is 17.3 Å². The van der Waals surface area contributed by atoms with E-state index in [1.54, 1.807) is 12.1 Å². The van der Waals surface area contributed by atoms with Crippen LogP contribution in [0.4, 0.5) is 4.39 Å². The third-order valence-corrected chi connectivity index (χ3v) is 3.88. The van der Waals surface area contributed by atoms with Gasteiger partial charge in [-0.15, -0.1) is 0 Å². The van der Waals surface area contributed by atoms with E-state index in [1.807, 2.05) is 0 Å². The molecular formula is C15H20FNO2. The average Bonchev–Trinajstić information content (AvgIpc) is 2.40. The van der Waals surface area contributed by atoms with Crippen molar-refractivity contribution in [3.05, 3.63) is 29.6 Å². The normalized spacial score (nSPS) is 18.1. The molecule has 0 unspecified atom stereocenters. The first-order chi connectivity index (χ1) is 9.05. The van der Waals surface area contributed by atoms with Crippen LogP contribution in [0.1, 0.15) is 37.7 Å². The van der Waals surface area contributed by atoms with Crippen molar-refractivity contribution in [2.45, 2.75) is 44.1 Å². The van der Waals surface area contributed by atoms with Gasteiger partial charge in [-0.05, 0) is 30.5 Å². The molecule has 0 heterocycles. The highest BCUT2D eigenvalue weighted by Gasteiger charge is 2.34. The molecule has 0 saturated heterocycles. The van der Waals surface area contributed by atoms with E-state index in [0.29, 0.717) is 5.56 Å². The van der Waals surface area contributed by atoms with E-state index in [1.165, 1.54) is 13.2 Å². The fraction of sp³-hybridized carbons (Fsp3) is 0.533. The fourth-order valence-corrected chi connectivity index (χ4v) is 2.64. The second kappa shape index (κ2) is 5.70. The largest absolute Gasteiger partial charge is 0.494 e. The standard InChI is InChI=1S/C15H20FNO2/c1-19-13-6-5-11(9-12(13)16)10-14(18)15(17)7-3-2-4-8-15/h5-6,9H,2-4,7-8,10,17H2,1H3. The molecule has 0 atom stereocenters. The third-order valence-electron chi connectivity index (χ3n) is 3.88. The number of rotatable bonds is 4. The number of ketones is 1.